The molecule has 1 unspecified atom stereocenters. The summed E-state index contributed by atoms with van der Waals surface area (Å²) in [6.45, 7) is 0. The van der Waals surface area contributed by atoms with Crippen molar-refractivity contribution in [3.05, 3.63) is 88.0 Å². The lowest BCUT2D eigenvalue weighted by Crippen LogP contribution is -2.30. The zero-order valence-electron chi connectivity index (χ0n) is 13.4. The first-order valence-corrected chi connectivity index (χ1v) is 9.15. The number of H-pyrrole nitrogens is 2. The molecule has 3 heterocycles. The molecular weight excluding hydrogens is 328 g/mol. The molecule has 0 aliphatic heterocycles. The zero-order chi connectivity index (χ0) is 16.7. The summed E-state index contributed by atoms with van der Waals surface area (Å²) < 4.78 is 0. The van der Waals surface area contributed by atoms with E-state index in [0.717, 1.165) is 29.2 Å². The molecule has 5 rings (SSSR count). The molecule has 0 saturated carbocycles. The molecule has 3 aromatic heterocycles. The molecule has 2 N–H and O–H groups in total. The SMILES string of the molecule is C1=CC(c2ccccc2)(c2ccsc2)Cc2[nH]nc(-c3ncc[nH]3)c21. The van der Waals surface area contributed by atoms with Crippen molar-refractivity contribution in [3.8, 4) is 11.5 Å². The number of rotatable bonds is 3. The van der Waals surface area contributed by atoms with E-state index in [-0.39, 0.29) is 5.41 Å². The van der Waals surface area contributed by atoms with Crippen molar-refractivity contribution in [1.82, 2.24) is 20.2 Å². The number of hydrogen-bond acceptors (Lipinski definition) is 3. The first-order chi connectivity index (χ1) is 12.4. The number of thiophene rings is 1. The Hall–Kier alpha value is -2.92. The Morgan fingerprint density at radius 1 is 1.08 bits per heavy atom. The van der Waals surface area contributed by atoms with Gasteiger partial charge in [0.1, 0.15) is 5.69 Å². The van der Waals surface area contributed by atoms with E-state index in [9.17, 15) is 0 Å². The molecule has 0 radical (unpaired) electrons. The van der Waals surface area contributed by atoms with E-state index in [1.165, 1.54) is 11.1 Å². The van der Waals surface area contributed by atoms with Gasteiger partial charge in [-0.15, -0.1) is 0 Å². The summed E-state index contributed by atoms with van der Waals surface area (Å²) in [7, 11) is 0. The van der Waals surface area contributed by atoms with Crippen molar-refractivity contribution < 1.29 is 0 Å². The molecule has 1 atom stereocenters. The molecule has 0 amide bonds. The van der Waals surface area contributed by atoms with Crippen molar-refractivity contribution in [3.63, 3.8) is 0 Å². The van der Waals surface area contributed by atoms with Crippen molar-refractivity contribution >= 4 is 17.4 Å². The van der Waals surface area contributed by atoms with Gasteiger partial charge in [0.2, 0.25) is 0 Å². The van der Waals surface area contributed by atoms with Gasteiger partial charge in [-0.2, -0.15) is 16.4 Å². The maximum Gasteiger partial charge on any atom is 0.158 e. The van der Waals surface area contributed by atoms with Gasteiger partial charge in [-0.05, 0) is 28.0 Å². The van der Waals surface area contributed by atoms with E-state index >= 15 is 0 Å². The maximum atomic E-state index is 4.51. The van der Waals surface area contributed by atoms with Gasteiger partial charge in [0.05, 0.1) is 0 Å². The molecule has 1 aliphatic rings. The van der Waals surface area contributed by atoms with Crippen LogP contribution in [0.25, 0.3) is 17.6 Å². The van der Waals surface area contributed by atoms with Gasteiger partial charge in [-0.1, -0.05) is 42.5 Å². The summed E-state index contributed by atoms with van der Waals surface area (Å²) in [6, 6.07) is 12.9. The summed E-state index contributed by atoms with van der Waals surface area (Å²) in [6.07, 6.45) is 8.93. The van der Waals surface area contributed by atoms with Gasteiger partial charge in [-0.25, -0.2) is 4.98 Å². The van der Waals surface area contributed by atoms with Crippen LogP contribution in [0.15, 0.2) is 65.6 Å². The molecule has 122 valence electrons. The molecule has 4 aromatic rings. The predicted octanol–water partition coefficient (Wildman–Crippen LogP) is 4.42. The Labute approximate surface area is 149 Å². The van der Waals surface area contributed by atoms with Crippen LogP contribution in [0.1, 0.15) is 22.4 Å². The van der Waals surface area contributed by atoms with Gasteiger partial charge in [-0.3, -0.25) is 5.10 Å². The highest BCUT2D eigenvalue weighted by Gasteiger charge is 2.37. The molecular formula is C20H16N4S. The minimum Gasteiger partial charge on any atom is -0.343 e. The fourth-order valence-corrected chi connectivity index (χ4v) is 4.40. The minimum absolute atomic E-state index is 0.165. The highest BCUT2D eigenvalue weighted by Crippen LogP contribution is 2.43. The largest absolute Gasteiger partial charge is 0.343 e. The van der Waals surface area contributed by atoms with E-state index in [1.54, 1.807) is 17.5 Å². The molecule has 0 spiro atoms. The smallest absolute Gasteiger partial charge is 0.158 e. The van der Waals surface area contributed by atoms with Gasteiger partial charge in [0.15, 0.2) is 5.82 Å². The quantitative estimate of drug-likeness (QED) is 0.578. The second kappa shape index (κ2) is 5.57. The monoisotopic (exact) mass is 344 g/mol. The van der Waals surface area contributed by atoms with Crippen LogP contribution in [0.2, 0.25) is 0 Å². The van der Waals surface area contributed by atoms with Crippen molar-refractivity contribution in [2.45, 2.75) is 11.8 Å². The van der Waals surface area contributed by atoms with Crippen LogP contribution in [0.3, 0.4) is 0 Å². The Morgan fingerprint density at radius 2 is 2.00 bits per heavy atom. The number of allylic oxidation sites excluding steroid dienone is 1. The van der Waals surface area contributed by atoms with E-state index in [2.05, 4.69) is 79.5 Å². The molecule has 0 fully saturated rings. The standard InChI is InChI=1S/C20H16N4S/c1-2-4-14(5-3-1)20(15-7-11-25-13-15)8-6-16-17(12-20)23-24-18(16)19-21-9-10-22-19/h1-11,13H,12H2,(H,21,22)(H,23,24). The van der Waals surface area contributed by atoms with Gasteiger partial charge in [0, 0.05) is 35.5 Å². The Balaban J connectivity index is 1.66. The molecule has 0 bridgehead atoms. The molecule has 1 aromatic carbocycles. The normalized spacial score (nSPS) is 19.0. The predicted molar refractivity (Wildman–Crippen MR) is 100 cm³/mol. The third kappa shape index (κ3) is 2.20. The van der Waals surface area contributed by atoms with E-state index in [1.807, 2.05) is 6.20 Å². The average molecular weight is 344 g/mol. The third-order valence-electron chi connectivity index (χ3n) is 4.92. The second-order valence-corrected chi connectivity index (χ2v) is 7.04. The van der Waals surface area contributed by atoms with E-state index < -0.39 is 0 Å². The number of aromatic nitrogens is 4. The number of imidazole rings is 1. The Bertz CT molecular complexity index is 1010. The summed E-state index contributed by atoms with van der Waals surface area (Å²) >= 11 is 1.74. The summed E-state index contributed by atoms with van der Waals surface area (Å²) in [5, 5.41) is 12.1. The molecule has 0 saturated heterocycles. The number of nitrogens with one attached hydrogen (secondary N) is 2. The zero-order valence-corrected chi connectivity index (χ0v) is 14.3. The number of aromatic amines is 2. The highest BCUT2D eigenvalue weighted by atomic mass is 32.1. The Kier molecular flexibility index (Phi) is 3.21. The van der Waals surface area contributed by atoms with Gasteiger partial charge >= 0.3 is 0 Å². The van der Waals surface area contributed by atoms with Crippen molar-refractivity contribution in [2.24, 2.45) is 0 Å². The maximum absolute atomic E-state index is 4.51. The summed E-state index contributed by atoms with van der Waals surface area (Å²) in [4.78, 5) is 7.48. The molecule has 4 nitrogen and oxygen atoms in total. The molecule has 1 aliphatic carbocycles. The van der Waals surface area contributed by atoms with Crippen LogP contribution in [0, 0.1) is 0 Å². The highest BCUT2D eigenvalue weighted by molar-refractivity contribution is 7.08. The number of hydrogen-bond donors (Lipinski definition) is 2. The van der Waals surface area contributed by atoms with Crippen LogP contribution >= 0.6 is 11.3 Å². The second-order valence-electron chi connectivity index (χ2n) is 6.26. The first kappa shape index (κ1) is 14.4. The topological polar surface area (TPSA) is 57.4 Å². The van der Waals surface area contributed by atoms with Crippen LogP contribution in [-0.4, -0.2) is 20.2 Å². The lowest BCUT2D eigenvalue weighted by Gasteiger charge is -2.33. The van der Waals surface area contributed by atoms with E-state index in [0.29, 0.717) is 0 Å². The lowest BCUT2D eigenvalue weighted by molar-refractivity contribution is 0.623. The minimum atomic E-state index is -0.165. The molecule has 25 heavy (non-hydrogen) atoms. The summed E-state index contributed by atoms with van der Waals surface area (Å²) in [5.74, 6) is 0.796. The van der Waals surface area contributed by atoms with Crippen molar-refractivity contribution in [2.75, 3.05) is 0 Å². The van der Waals surface area contributed by atoms with Gasteiger partial charge in [0.25, 0.3) is 0 Å². The number of nitrogens with zero attached hydrogens (tertiary/aromatic N) is 2. The van der Waals surface area contributed by atoms with Crippen LogP contribution in [-0.2, 0) is 11.8 Å². The van der Waals surface area contributed by atoms with Gasteiger partial charge < -0.3 is 4.98 Å². The van der Waals surface area contributed by atoms with Crippen molar-refractivity contribution in [1.29, 1.82) is 0 Å². The number of fused-ring (bicyclic) bond motifs is 1. The summed E-state index contributed by atoms with van der Waals surface area (Å²) in [5.41, 5.74) is 5.59. The third-order valence-corrected chi connectivity index (χ3v) is 5.60. The number of benzene rings is 1. The lowest BCUT2D eigenvalue weighted by atomic mass is 9.69. The Morgan fingerprint density at radius 3 is 2.76 bits per heavy atom. The van der Waals surface area contributed by atoms with Crippen LogP contribution in [0.4, 0.5) is 0 Å². The fourth-order valence-electron chi connectivity index (χ4n) is 3.66. The first-order valence-electron chi connectivity index (χ1n) is 8.21. The molecule has 5 heteroatoms. The van der Waals surface area contributed by atoms with Crippen LogP contribution < -0.4 is 0 Å². The average Bonchev–Trinajstić information content (AvgIpc) is 3.42. The van der Waals surface area contributed by atoms with Crippen LogP contribution in [0.5, 0.6) is 0 Å². The fraction of sp³-hybridized carbons (Fsp3) is 0.100. The van der Waals surface area contributed by atoms with E-state index in [4.69, 9.17) is 0 Å².